The van der Waals surface area contributed by atoms with Gasteiger partial charge in [0.2, 0.25) is 5.91 Å². The number of anilines is 1. The Morgan fingerprint density at radius 3 is 2.77 bits per heavy atom. The van der Waals surface area contributed by atoms with Crippen molar-refractivity contribution in [3.05, 3.63) is 58.3 Å². The van der Waals surface area contributed by atoms with Gasteiger partial charge in [-0.3, -0.25) is 14.2 Å². The third-order valence-corrected chi connectivity index (χ3v) is 3.13. The molecule has 0 bridgehead atoms. The van der Waals surface area contributed by atoms with Crippen LogP contribution in [0.25, 0.3) is 0 Å². The minimum Gasteiger partial charge on any atom is -0.323 e. The summed E-state index contributed by atoms with van der Waals surface area (Å²) in [5.74, 6) is -0.234. The van der Waals surface area contributed by atoms with Crippen LogP contribution >= 0.6 is 0 Å². The molecular formula is C16H16N4O2. The molecule has 22 heavy (non-hydrogen) atoms. The minimum atomic E-state index is -0.385. The Bertz CT molecular complexity index is 787. The zero-order valence-electron chi connectivity index (χ0n) is 12.4. The van der Waals surface area contributed by atoms with Crippen molar-refractivity contribution < 1.29 is 4.79 Å². The van der Waals surface area contributed by atoms with Crippen LogP contribution in [0.4, 0.5) is 5.69 Å². The van der Waals surface area contributed by atoms with Gasteiger partial charge in [0.25, 0.3) is 5.56 Å². The Morgan fingerprint density at radius 1 is 1.41 bits per heavy atom. The van der Waals surface area contributed by atoms with Crippen molar-refractivity contribution in [3.8, 4) is 6.07 Å². The lowest BCUT2D eigenvalue weighted by molar-refractivity contribution is -0.116. The molecule has 1 heterocycles. The van der Waals surface area contributed by atoms with Crippen molar-refractivity contribution in [2.24, 2.45) is 0 Å². The van der Waals surface area contributed by atoms with E-state index in [1.54, 1.807) is 24.3 Å². The maximum absolute atomic E-state index is 12.0. The van der Waals surface area contributed by atoms with Gasteiger partial charge in [-0.25, -0.2) is 4.98 Å². The first-order chi connectivity index (χ1) is 10.5. The molecule has 0 radical (unpaired) electrons. The second-order valence-electron chi connectivity index (χ2n) is 5.14. The van der Waals surface area contributed by atoms with Crippen LogP contribution in [0.5, 0.6) is 0 Å². The summed E-state index contributed by atoms with van der Waals surface area (Å²) in [6.07, 6.45) is 1.37. The third kappa shape index (κ3) is 3.58. The van der Waals surface area contributed by atoms with E-state index < -0.39 is 0 Å². The first-order valence-electron chi connectivity index (χ1n) is 6.86. The van der Waals surface area contributed by atoms with Crippen LogP contribution in [0.1, 0.15) is 31.0 Å². The Balaban J connectivity index is 2.13. The largest absolute Gasteiger partial charge is 0.323 e. The second kappa shape index (κ2) is 6.68. The molecule has 0 fully saturated rings. The number of carbonyl (C=O) groups excluding carboxylic acids is 1. The predicted octanol–water partition coefficient (Wildman–Crippen LogP) is 1.88. The molecule has 1 amide bonds. The monoisotopic (exact) mass is 296 g/mol. The van der Waals surface area contributed by atoms with Crippen molar-refractivity contribution >= 4 is 11.6 Å². The smallest absolute Gasteiger partial charge is 0.254 e. The topological polar surface area (TPSA) is 87.8 Å². The van der Waals surface area contributed by atoms with E-state index in [1.807, 2.05) is 19.9 Å². The number of nitrogens with one attached hydrogen (secondary N) is 1. The Labute approximate surface area is 128 Å². The summed E-state index contributed by atoms with van der Waals surface area (Å²) in [4.78, 5) is 28.1. The summed E-state index contributed by atoms with van der Waals surface area (Å²) >= 11 is 0. The average molecular weight is 296 g/mol. The Kier molecular flexibility index (Phi) is 4.69. The van der Waals surface area contributed by atoms with Crippen LogP contribution < -0.4 is 10.9 Å². The van der Waals surface area contributed by atoms with Crippen LogP contribution in [0, 0.1) is 11.3 Å². The lowest BCUT2D eigenvalue weighted by atomic mass is 10.1. The number of hydrogen-bond donors (Lipinski definition) is 1. The van der Waals surface area contributed by atoms with Crippen molar-refractivity contribution in [3.63, 3.8) is 0 Å². The van der Waals surface area contributed by atoms with Gasteiger partial charge in [-0.15, -0.1) is 0 Å². The summed E-state index contributed by atoms with van der Waals surface area (Å²) in [6.45, 7) is 3.74. The van der Waals surface area contributed by atoms with Gasteiger partial charge >= 0.3 is 0 Å². The normalized spacial score (nSPS) is 10.3. The van der Waals surface area contributed by atoms with Crippen LogP contribution in [-0.4, -0.2) is 15.5 Å². The summed E-state index contributed by atoms with van der Waals surface area (Å²) in [5, 5.41) is 11.6. The highest BCUT2D eigenvalue weighted by molar-refractivity contribution is 5.91. The van der Waals surface area contributed by atoms with Crippen LogP contribution in [0.3, 0.4) is 0 Å². The number of amides is 1. The molecule has 0 saturated carbocycles. The van der Waals surface area contributed by atoms with Gasteiger partial charge in [-0.2, -0.15) is 5.26 Å². The number of hydrogen-bond acceptors (Lipinski definition) is 4. The Hall–Kier alpha value is -2.94. The van der Waals surface area contributed by atoms with Gasteiger partial charge in [0.05, 0.1) is 23.3 Å². The van der Waals surface area contributed by atoms with Gasteiger partial charge in [0, 0.05) is 6.07 Å². The number of carbonyl (C=O) groups is 1. The summed E-state index contributed by atoms with van der Waals surface area (Å²) in [7, 11) is 0. The zero-order chi connectivity index (χ0) is 16.1. The predicted molar refractivity (Wildman–Crippen MR) is 82.4 cm³/mol. The summed E-state index contributed by atoms with van der Waals surface area (Å²) in [6, 6.07) is 10.1. The van der Waals surface area contributed by atoms with E-state index in [0.717, 1.165) is 0 Å². The number of nitriles is 1. The average Bonchev–Trinajstić information content (AvgIpc) is 2.49. The lowest BCUT2D eigenvalue weighted by Crippen LogP contribution is -2.28. The van der Waals surface area contributed by atoms with E-state index >= 15 is 0 Å². The van der Waals surface area contributed by atoms with Gasteiger partial charge in [0.15, 0.2) is 0 Å². The molecule has 112 valence electrons. The van der Waals surface area contributed by atoms with E-state index in [9.17, 15) is 9.59 Å². The number of para-hydroxylation sites is 1. The lowest BCUT2D eigenvalue weighted by Gasteiger charge is -2.09. The molecule has 1 aromatic heterocycles. The second-order valence-corrected chi connectivity index (χ2v) is 5.14. The molecule has 0 saturated heterocycles. The highest BCUT2D eigenvalue weighted by Gasteiger charge is 2.09. The number of aromatic nitrogens is 2. The summed E-state index contributed by atoms with van der Waals surface area (Å²) in [5.41, 5.74) is 1.21. The Morgan fingerprint density at radius 2 is 2.14 bits per heavy atom. The first-order valence-corrected chi connectivity index (χ1v) is 6.86. The third-order valence-electron chi connectivity index (χ3n) is 3.13. The quantitative estimate of drug-likeness (QED) is 0.933. The number of benzene rings is 1. The summed E-state index contributed by atoms with van der Waals surface area (Å²) < 4.78 is 1.23. The highest BCUT2D eigenvalue weighted by atomic mass is 16.2. The maximum atomic E-state index is 12.0. The highest BCUT2D eigenvalue weighted by Crippen LogP contribution is 2.13. The van der Waals surface area contributed by atoms with Crippen molar-refractivity contribution in [1.82, 2.24) is 9.55 Å². The molecule has 0 aliphatic heterocycles. The first kappa shape index (κ1) is 15.4. The van der Waals surface area contributed by atoms with E-state index in [-0.39, 0.29) is 23.9 Å². The van der Waals surface area contributed by atoms with Crippen LogP contribution in [0.15, 0.2) is 41.5 Å². The number of nitrogens with zero attached hydrogens (tertiary/aromatic N) is 3. The van der Waals surface area contributed by atoms with Crippen LogP contribution in [-0.2, 0) is 11.3 Å². The van der Waals surface area contributed by atoms with Crippen molar-refractivity contribution in [1.29, 1.82) is 5.26 Å². The van der Waals surface area contributed by atoms with Crippen molar-refractivity contribution in [2.75, 3.05) is 5.32 Å². The molecule has 6 heteroatoms. The van der Waals surface area contributed by atoms with E-state index in [0.29, 0.717) is 16.9 Å². The fraction of sp³-hybridized carbons (Fsp3) is 0.250. The maximum Gasteiger partial charge on any atom is 0.254 e. The molecule has 1 N–H and O–H groups in total. The molecule has 6 nitrogen and oxygen atoms in total. The van der Waals surface area contributed by atoms with E-state index in [1.165, 1.54) is 17.0 Å². The molecule has 0 atom stereocenters. The van der Waals surface area contributed by atoms with Crippen LogP contribution in [0.2, 0.25) is 0 Å². The van der Waals surface area contributed by atoms with Crippen molar-refractivity contribution in [2.45, 2.75) is 26.3 Å². The molecule has 0 aliphatic rings. The minimum absolute atomic E-state index is 0.149. The number of rotatable bonds is 4. The molecule has 0 unspecified atom stereocenters. The molecule has 1 aromatic carbocycles. The van der Waals surface area contributed by atoms with E-state index in [2.05, 4.69) is 10.3 Å². The van der Waals surface area contributed by atoms with E-state index in [4.69, 9.17) is 5.26 Å². The fourth-order valence-electron chi connectivity index (χ4n) is 1.91. The molecule has 2 aromatic rings. The zero-order valence-corrected chi connectivity index (χ0v) is 12.4. The molecule has 0 aliphatic carbocycles. The van der Waals surface area contributed by atoms with Gasteiger partial charge in [-0.1, -0.05) is 26.0 Å². The standard InChI is InChI=1S/C16H16N4O2/c1-11(2)14-7-16(22)20(10-18-14)9-15(21)19-13-6-4-3-5-12(13)8-17/h3-7,10-11H,9H2,1-2H3,(H,19,21). The SMILES string of the molecule is CC(C)c1cc(=O)n(CC(=O)Nc2ccccc2C#N)cn1. The van der Waals surface area contributed by atoms with Gasteiger partial charge < -0.3 is 5.32 Å². The van der Waals surface area contributed by atoms with Gasteiger partial charge in [0.1, 0.15) is 12.6 Å². The molecule has 2 rings (SSSR count). The fourth-order valence-corrected chi connectivity index (χ4v) is 1.91. The molecule has 0 spiro atoms. The van der Waals surface area contributed by atoms with Gasteiger partial charge in [-0.05, 0) is 18.1 Å². The molecular weight excluding hydrogens is 280 g/mol.